The largest absolute Gasteiger partial charge is 0.308 e. The second-order valence-electron chi connectivity index (χ2n) is 6.34. The van der Waals surface area contributed by atoms with Gasteiger partial charge in [0, 0.05) is 36.0 Å². The fraction of sp³-hybridized carbons (Fsp3) is 0.333. The highest BCUT2D eigenvalue weighted by Crippen LogP contribution is 2.39. The average molecular weight is 323 g/mol. The molecular weight excluding hydrogens is 306 g/mol. The molecule has 0 radical (unpaired) electrons. The molecule has 0 N–H and O–H groups in total. The van der Waals surface area contributed by atoms with Crippen LogP contribution in [0.2, 0.25) is 0 Å². The Hall–Kier alpha value is -2.76. The molecule has 1 aliphatic heterocycles. The van der Waals surface area contributed by atoms with E-state index >= 15 is 0 Å². The lowest BCUT2D eigenvalue weighted by Gasteiger charge is -2.29. The predicted octanol–water partition coefficient (Wildman–Crippen LogP) is 3.46. The smallest absolute Gasteiger partial charge is 0.274 e. The van der Waals surface area contributed by atoms with Crippen molar-refractivity contribution in [3.05, 3.63) is 63.5 Å². The van der Waals surface area contributed by atoms with Gasteiger partial charge in [-0.25, -0.2) is 0 Å². The Morgan fingerprint density at radius 3 is 2.88 bits per heavy atom. The molecule has 6 heteroatoms. The topological polar surface area (TPSA) is 76.3 Å². The molecule has 4 rings (SSSR count). The number of hydrogen-bond donors (Lipinski definition) is 0. The molecule has 2 aromatic rings. The van der Waals surface area contributed by atoms with Gasteiger partial charge in [-0.1, -0.05) is 6.07 Å². The van der Waals surface area contributed by atoms with Crippen LogP contribution >= 0.6 is 0 Å². The first-order valence-corrected chi connectivity index (χ1v) is 8.19. The zero-order valence-electron chi connectivity index (χ0n) is 13.1. The van der Waals surface area contributed by atoms with E-state index in [-0.39, 0.29) is 16.5 Å². The van der Waals surface area contributed by atoms with Crippen molar-refractivity contribution < 1.29 is 9.72 Å². The molecule has 0 spiro atoms. The zero-order valence-corrected chi connectivity index (χ0v) is 13.1. The standard InChI is InChI=1S/C18H17N3O3/c22-18(13-8-9-19-15(11-13)12-6-7-12)20-10-2-3-14-16(20)4-1-5-17(14)21(23)24/h1,4-5,8-9,11-12H,2-3,6-7,10H2. The molecule has 1 aromatic heterocycles. The molecule has 0 atom stereocenters. The summed E-state index contributed by atoms with van der Waals surface area (Å²) in [5.74, 6) is 0.369. The van der Waals surface area contributed by atoms with Crippen LogP contribution in [0.15, 0.2) is 36.5 Å². The van der Waals surface area contributed by atoms with Crippen molar-refractivity contribution in [1.82, 2.24) is 4.98 Å². The zero-order chi connectivity index (χ0) is 16.7. The molecule has 1 amide bonds. The molecule has 0 unspecified atom stereocenters. The second kappa shape index (κ2) is 5.70. The van der Waals surface area contributed by atoms with Gasteiger partial charge in [0.05, 0.1) is 16.2 Å². The van der Waals surface area contributed by atoms with Crippen LogP contribution in [0.3, 0.4) is 0 Å². The number of hydrogen-bond acceptors (Lipinski definition) is 4. The molecule has 0 saturated heterocycles. The minimum Gasteiger partial charge on any atom is -0.308 e. The van der Waals surface area contributed by atoms with Gasteiger partial charge in [0.15, 0.2) is 0 Å². The Morgan fingerprint density at radius 1 is 1.29 bits per heavy atom. The van der Waals surface area contributed by atoms with Gasteiger partial charge in [0.2, 0.25) is 0 Å². The van der Waals surface area contributed by atoms with Crippen LogP contribution in [0.25, 0.3) is 0 Å². The maximum atomic E-state index is 13.0. The summed E-state index contributed by atoms with van der Waals surface area (Å²) in [5.41, 5.74) is 2.98. The number of nitrogens with zero attached hydrogens (tertiary/aromatic N) is 3. The number of aromatic nitrogens is 1. The first-order valence-electron chi connectivity index (χ1n) is 8.19. The molecule has 1 fully saturated rings. The van der Waals surface area contributed by atoms with Crippen LogP contribution in [0.5, 0.6) is 0 Å². The number of carbonyl (C=O) groups is 1. The third-order valence-electron chi connectivity index (χ3n) is 4.69. The van der Waals surface area contributed by atoms with Crippen molar-refractivity contribution in [2.45, 2.75) is 31.6 Å². The van der Waals surface area contributed by atoms with Gasteiger partial charge in [-0.2, -0.15) is 0 Å². The van der Waals surface area contributed by atoms with Gasteiger partial charge in [-0.15, -0.1) is 0 Å². The van der Waals surface area contributed by atoms with Gasteiger partial charge in [0.25, 0.3) is 11.6 Å². The minimum absolute atomic E-state index is 0.0957. The fourth-order valence-corrected chi connectivity index (χ4v) is 3.33. The SMILES string of the molecule is O=C(c1ccnc(C2CC2)c1)N1CCCc2c1cccc2[N+](=O)[O-]. The molecule has 1 saturated carbocycles. The number of carbonyl (C=O) groups excluding carboxylic acids is 1. The van der Waals surface area contributed by atoms with E-state index in [4.69, 9.17) is 0 Å². The van der Waals surface area contributed by atoms with E-state index in [0.29, 0.717) is 35.7 Å². The molecule has 2 heterocycles. The van der Waals surface area contributed by atoms with Gasteiger partial charge < -0.3 is 4.90 Å². The number of fused-ring (bicyclic) bond motifs is 1. The van der Waals surface area contributed by atoms with E-state index in [1.807, 2.05) is 6.07 Å². The first kappa shape index (κ1) is 14.8. The number of amides is 1. The lowest BCUT2D eigenvalue weighted by molar-refractivity contribution is -0.385. The number of nitro groups is 1. The third kappa shape index (κ3) is 2.54. The van der Waals surface area contributed by atoms with Crippen molar-refractivity contribution in [3.8, 4) is 0 Å². The van der Waals surface area contributed by atoms with Gasteiger partial charge in [0.1, 0.15) is 0 Å². The van der Waals surface area contributed by atoms with Crippen molar-refractivity contribution in [2.75, 3.05) is 11.4 Å². The van der Waals surface area contributed by atoms with E-state index in [1.165, 1.54) is 6.07 Å². The maximum Gasteiger partial charge on any atom is 0.274 e. The summed E-state index contributed by atoms with van der Waals surface area (Å²) in [6.07, 6.45) is 5.29. The Morgan fingerprint density at radius 2 is 2.12 bits per heavy atom. The Balaban J connectivity index is 1.71. The number of benzene rings is 1. The molecule has 6 nitrogen and oxygen atoms in total. The molecule has 122 valence electrons. The highest BCUT2D eigenvalue weighted by atomic mass is 16.6. The van der Waals surface area contributed by atoms with Gasteiger partial charge >= 0.3 is 0 Å². The average Bonchev–Trinajstić information content (AvgIpc) is 3.45. The summed E-state index contributed by atoms with van der Waals surface area (Å²) in [5, 5.41) is 11.2. The molecule has 2 aliphatic rings. The quantitative estimate of drug-likeness (QED) is 0.640. The molecule has 1 aromatic carbocycles. The van der Waals surface area contributed by atoms with Crippen LogP contribution in [0, 0.1) is 10.1 Å². The molecule has 1 aliphatic carbocycles. The van der Waals surface area contributed by atoms with Crippen LogP contribution in [-0.2, 0) is 6.42 Å². The Labute approximate surface area is 139 Å². The monoisotopic (exact) mass is 323 g/mol. The van der Waals surface area contributed by atoms with Crippen LogP contribution in [0.1, 0.15) is 46.8 Å². The van der Waals surface area contributed by atoms with E-state index in [0.717, 1.165) is 25.0 Å². The van der Waals surface area contributed by atoms with Crippen LogP contribution in [-0.4, -0.2) is 22.4 Å². The van der Waals surface area contributed by atoms with Gasteiger partial charge in [-0.05, 0) is 43.9 Å². The Kier molecular flexibility index (Phi) is 3.52. The summed E-state index contributed by atoms with van der Waals surface area (Å²) >= 11 is 0. The lowest BCUT2D eigenvalue weighted by Crippen LogP contribution is -2.35. The number of nitro benzene ring substituents is 1. The van der Waals surface area contributed by atoms with E-state index < -0.39 is 0 Å². The highest BCUT2D eigenvalue weighted by Gasteiger charge is 2.30. The predicted molar refractivity (Wildman–Crippen MR) is 89.3 cm³/mol. The summed E-state index contributed by atoms with van der Waals surface area (Å²) in [4.78, 5) is 29.9. The maximum absolute atomic E-state index is 13.0. The minimum atomic E-state index is -0.371. The van der Waals surface area contributed by atoms with E-state index in [2.05, 4.69) is 4.98 Å². The molecular formula is C18H17N3O3. The van der Waals surface area contributed by atoms with Crippen LogP contribution in [0.4, 0.5) is 11.4 Å². The molecule has 0 bridgehead atoms. The lowest BCUT2D eigenvalue weighted by atomic mass is 9.99. The summed E-state index contributed by atoms with van der Waals surface area (Å²) < 4.78 is 0. The summed E-state index contributed by atoms with van der Waals surface area (Å²) in [7, 11) is 0. The van der Waals surface area contributed by atoms with Crippen molar-refractivity contribution in [2.24, 2.45) is 0 Å². The van der Waals surface area contributed by atoms with Crippen molar-refractivity contribution in [3.63, 3.8) is 0 Å². The number of anilines is 1. The summed E-state index contributed by atoms with van der Waals surface area (Å²) in [6, 6.07) is 8.53. The Bertz CT molecular complexity index is 830. The highest BCUT2D eigenvalue weighted by molar-refractivity contribution is 6.07. The fourth-order valence-electron chi connectivity index (χ4n) is 3.33. The van der Waals surface area contributed by atoms with Crippen LogP contribution < -0.4 is 4.90 Å². The van der Waals surface area contributed by atoms with Crippen molar-refractivity contribution >= 4 is 17.3 Å². The molecule has 24 heavy (non-hydrogen) atoms. The summed E-state index contributed by atoms with van der Waals surface area (Å²) in [6.45, 7) is 0.577. The number of rotatable bonds is 3. The van der Waals surface area contributed by atoms with E-state index in [9.17, 15) is 14.9 Å². The first-order chi connectivity index (χ1) is 11.6. The second-order valence-corrected chi connectivity index (χ2v) is 6.34. The van der Waals surface area contributed by atoms with Gasteiger partial charge in [-0.3, -0.25) is 19.9 Å². The normalized spacial score (nSPS) is 16.6. The van der Waals surface area contributed by atoms with E-state index in [1.54, 1.807) is 29.3 Å². The third-order valence-corrected chi connectivity index (χ3v) is 4.69. The van der Waals surface area contributed by atoms with Crippen molar-refractivity contribution in [1.29, 1.82) is 0 Å². The number of pyridine rings is 1.